The molecule has 2 aromatic carbocycles. The van der Waals surface area contributed by atoms with E-state index in [1.807, 2.05) is 7.05 Å². The zero-order valence-electron chi connectivity index (χ0n) is 11.9. The van der Waals surface area contributed by atoms with E-state index in [0.717, 1.165) is 31.6 Å². The molecule has 0 saturated carbocycles. The van der Waals surface area contributed by atoms with Crippen LogP contribution in [-0.2, 0) is 0 Å². The second kappa shape index (κ2) is 7.15. The molecule has 2 aromatic rings. The third-order valence-electron chi connectivity index (χ3n) is 3.37. The Morgan fingerprint density at radius 2 is 1.84 bits per heavy atom. The molecule has 0 aliphatic heterocycles. The van der Waals surface area contributed by atoms with Gasteiger partial charge in [-0.1, -0.05) is 49.7 Å². The number of nitrogens with one attached hydrogen (secondary N) is 1. The first-order valence-electron chi connectivity index (χ1n) is 7.14. The van der Waals surface area contributed by atoms with Crippen molar-refractivity contribution in [3.8, 4) is 5.75 Å². The number of hydrogen-bond acceptors (Lipinski definition) is 2. The lowest BCUT2D eigenvalue weighted by Gasteiger charge is -2.19. The van der Waals surface area contributed by atoms with Gasteiger partial charge in [-0.3, -0.25) is 0 Å². The summed E-state index contributed by atoms with van der Waals surface area (Å²) in [4.78, 5) is 0. The first-order valence-corrected chi connectivity index (χ1v) is 7.14. The first kappa shape index (κ1) is 13.9. The molecule has 2 heteroatoms. The molecule has 0 heterocycles. The minimum Gasteiger partial charge on any atom is -0.490 e. The van der Waals surface area contributed by atoms with Crippen molar-refractivity contribution in [2.75, 3.05) is 13.6 Å². The lowest BCUT2D eigenvalue weighted by atomic mass is 10.1. The Morgan fingerprint density at radius 3 is 2.63 bits per heavy atom. The van der Waals surface area contributed by atoms with Crippen LogP contribution in [0, 0.1) is 0 Å². The molecule has 2 rings (SSSR count). The van der Waals surface area contributed by atoms with Gasteiger partial charge in [0.1, 0.15) is 5.75 Å². The van der Waals surface area contributed by atoms with E-state index in [0.29, 0.717) is 6.10 Å². The summed E-state index contributed by atoms with van der Waals surface area (Å²) in [6.07, 6.45) is 3.60. The van der Waals surface area contributed by atoms with Crippen molar-refractivity contribution in [2.24, 2.45) is 0 Å². The van der Waals surface area contributed by atoms with Crippen LogP contribution in [0.25, 0.3) is 10.8 Å². The number of rotatable bonds is 7. The number of fused-ring (bicyclic) bond motifs is 1. The van der Waals surface area contributed by atoms with Gasteiger partial charge in [0.2, 0.25) is 0 Å². The fraction of sp³-hybridized carbons (Fsp3) is 0.412. The average Bonchev–Trinajstić information content (AvgIpc) is 2.45. The molecule has 0 bridgehead atoms. The predicted molar refractivity (Wildman–Crippen MR) is 81.8 cm³/mol. The predicted octanol–water partition coefficient (Wildman–Crippen LogP) is 4.00. The van der Waals surface area contributed by atoms with Crippen LogP contribution in [0.2, 0.25) is 0 Å². The zero-order valence-corrected chi connectivity index (χ0v) is 11.9. The Hall–Kier alpha value is -1.54. The second-order valence-electron chi connectivity index (χ2n) is 4.90. The average molecular weight is 257 g/mol. The van der Waals surface area contributed by atoms with Crippen LogP contribution in [-0.4, -0.2) is 19.7 Å². The Kier molecular flexibility index (Phi) is 5.22. The van der Waals surface area contributed by atoms with E-state index in [-0.39, 0.29) is 0 Å². The lowest BCUT2D eigenvalue weighted by Crippen LogP contribution is -2.22. The highest BCUT2D eigenvalue weighted by Crippen LogP contribution is 2.27. The van der Waals surface area contributed by atoms with Crippen molar-refractivity contribution in [1.29, 1.82) is 0 Å². The summed E-state index contributed by atoms with van der Waals surface area (Å²) in [6.45, 7) is 3.20. The minimum absolute atomic E-state index is 0.295. The normalized spacial score (nSPS) is 12.5. The summed E-state index contributed by atoms with van der Waals surface area (Å²) in [5.74, 6) is 1.01. The number of ether oxygens (including phenoxy) is 1. The van der Waals surface area contributed by atoms with E-state index >= 15 is 0 Å². The molecule has 0 radical (unpaired) electrons. The molecule has 0 aliphatic carbocycles. The van der Waals surface area contributed by atoms with Crippen molar-refractivity contribution in [3.05, 3.63) is 42.5 Å². The second-order valence-corrected chi connectivity index (χ2v) is 4.90. The van der Waals surface area contributed by atoms with Crippen LogP contribution in [0.4, 0.5) is 0 Å². The molecule has 0 fully saturated rings. The van der Waals surface area contributed by atoms with E-state index in [1.54, 1.807) is 0 Å². The molecule has 0 saturated heterocycles. The molecule has 0 spiro atoms. The lowest BCUT2D eigenvalue weighted by molar-refractivity contribution is 0.182. The van der Waals surface area contributed by atoms with Crippen LogP contribution < -0.4 is 10.1 Å². The summed E-state index contributed by atoms with van der Waals surface area (Å²) in [6, 6.07) is 14.7. The molecule has 102 valence electrons. The first-order chi connectivity index (χ1) is 9.35. The Balaban J connectivity index is 2.18. The monoisotopic (exact) mass is 257 g/mol. The van der Waals surface area contributed by atoms with Gasteiger partial charge in [0, 0.05) is 5.39 Å². The van der Waals surface area contributed by atoms with Gasteiger partial charge in [0.25, 0.3) is 0 Å². The van der Waals surface area contributed by atoms with Gasteiger partial charge in [-0.05, 0) is 37.9 Å². The SMILES string of the molecule is CCC[C@H](CCNC)Oc1cccc2ccccc12. The molecule has 0 aromatic heterocycles. The van der Waals surface area contributed by atoms with Gasteiger partial charge in [-0.15, -0.1) is 0 Å². The van der Waals surface area contributed by atoms with Gasteiger partial charge in [-0.25, -0.2) is 0 Å². The standard InChI is InChI=1S/C17H23NO/c1-3-7-15(12-13-18-2)19-17-11-6-9-14-8-4-5-10-16(14)17/h4-6,8-11,15,18H,3,7,12-13H2,1-2H3/t15-/m1/s1. The highest BCUT2D eigenvalue weighted by molar-refractivity contribution is 5.88. The van der Waals surface area contributed by atoms with Gasteiger partial charge in [0.05, 0.1) is 6.10 Å². The molecule has 0 amide bonds. The van der Waals surface area contributed by atoms with E-state index in [9.17, 15) is 0 Å². The minimum atomic E-state index is 0.295. The van der Waals surface area contributed by atoms with Gasteiger partial charge >= 0.3 is 0 Å². The van der Waals surface area contributed by atoms with Gasteiger partial charge < -0.3 is 10.1 Å². The summed E-state index contributed by atoms with van der Waals surface area (Å²) in [5.41, 5.74) is 0. The Bertz CT molecular complexity index is 504. The molecule has 19 heavy (non-hydrogen) atoms. The van der Waals surface area contributed by atoms with Gasteiger partial charge in [-0.2, -0.15) is 0 Å². The maximum absolute atomic E-state index is 6.23. The summed E-state index contributed by atoms with van der Waals surface area (Å²) in [5, 5.41) is 5.64. The van der Waals surface area contributed by atoms with Crippen LogP contribution in [0.15, 0.2) is 42.5 Å². The van der Waals surface area contributed by atoms with Crippen LogP contribution in [0.5, 0.6) is 5.75 Å². The molecular formula is C17H23NO. The summed E-state index contributed by atoms with van der Waals surface area (Å²) < 4.78 is 6.23. The Morgan fingerprint density at radius 1 is 1.05 bits per heavy atom. The van der Waals surface area contributed by atoms with E-state index < -0.39 is 0 Å². The molecule has 1 atom stereocenters. The summed E-state index contributed by atoms with van der Waals surface area (Å²) in [7, 11) is 1.99. The maximum Gasteiger partial charge on any atom is 0.127 e. The van der Waals surface area contributed by atoms with Gasteiger partial charge in [0.15, 0.2) is 0 Å². The van der Waals surface area contributed by atoms with Crippen molar-refractivity contribution < 1.29 is 4.74 Å². The van der Waals surface area contributed by atoms with Crippen LogP contribution in [0.1, 0.15) is 26.2 Å². The molecule has 1 N–H and O–H groups in total. The van der Waals surface area contributed by atoms with Crippen molar-refractivity contribution in [1.82, 2.24) is 5.32 Å². The Labute approximate surface area is 115 Å². The topological polar surface area (TPSA) is 21.3 Å². The fourth-order valence-electron chi connectivity index (χ4n) is 2.37. The third-order valence-corrected chi connectivity index (χ3v) is 3.37. The van der Waals surface area contributed by atoms with Crippen molar-refractivity contribution in [3.63, 3.8) is 0 Å². The summed E-state index contributed by atoms with van der Waals surface area (Å²) >= 11 is 0. The molecule has 0 unspecified atom stereocenters. The van der Waals surface area contributed by atoms with E-state index in [4.69, 9.17) is 4.74 Å². The van der Waals surface area contributed by atoms with Crippen LogP contribution >= 0.6 is 0 Å². The number of benzene rings is 2. The highest BCUT2D eigenvalue weighted by Gasteiger charge is 2.10. The number of hydrogen-bond donors (Lipinski definition) is 1. The third kappa shape index (κ3) is 3.71. The molecular weight excluding hydrogens is 234 g/mol. The smallest absolute Gasteiger partial charge is 0.127 e. The largest absolute Gasteiger partial charge is 0.490 e. The van der Waals surface area contributed by atoms with E-state index in [2.05, 4.69) is 54.7 Å². The van der Waals surface area contributed by atoms with Crippen molar-refractivity contribution in [2.45, 2.75) is 32.3 Å². The highest BCUT2D eigenvalue weighted by atomic mass is 16.5. The maximum atomic E-state index is 6.23. The zero-order chi connectivity index (χ0) is 13.5. The quantitative estimate of drug-likeness (QED) is 0.809. The van der Waals surface area contributed by atoms with Crippen molar-refractivity contribution >= 4 is 10.8 Å². The molecule has 0 aliphatic rings. The van der Waals surface area contributed by atoms with E-state index in [1.165, 1.54) is 10.8 Å². The molecule has 2 nitrogen and oxygen atoms in total. The fourth-order valence-corrected chi connectivity index (χ4v) is 2.37. The van der Waals surface area contributed by atoms with Crippen LogP contribution in [0.3, 0.4) is 0 Å².